The Morgan fingerprint density at radius 2 is 1.65 bits per heavy atom. The molecule has 12 heteroatoms. The number of methoxy groups -OCH3 is 1. The highest BCUT2D eigenvalue weighted by Crippen LogP contribution is 2.31. The lowest BCUT2D eigenvalue weighted by atomic mass is 10.1. The number of nitrogens with one attached hydrogen (secondary N) is 1. The summed E-state index contributed by atoms with van der Waals surface area (Å²) in [6.45, 7) is 1.32. The largest absolute Gasteiger partial charge is 1.00 e. The minimum absolute atomic E-state index is 0. The van der Waals surface area contributed by atoms with Gasteiger partial charge in [0, 0.05) is 32.2 Å². The highest BCUT2D eigenvalue weighted by Gasteiger charge is 2.21. The molecule has 0 aliphatic rings. The fraction of sp³-hybridized carbons (Fsp3) is 0.214. The first-order valence-corrected chi connectivity index (χ1v) is 13.3. The van der Waals surface area contributed by atoms with Gasteiger partial charge in [-0.2, -0.15) is 0 Å². The summed E-state index contributed by atoms with van der Waals surface area (Å²) >= 11 is 25.0. The number of hydrogen-bond donors (Lipinski definition) is 1. The van der Waals surface area contributed by atoms with E-state index in [9.17, 15) is 4.79 Å². The third-order valence-corrected chi connectivity index (χ3v) is 7.01. The van der Waals surface area contributed by atoms with E-state index in [0.717, 1.165) is 22.4 Å². The van der Waals surface area contributed by atoms with Gasteiger partial charge in [-0.05, 0) is 47.5 Å². The van der Waals surface area contributed by atoms with E-state index in [1.54, 1.807) is 35.9 Å². The topological polar surface area (TPSA) is 87.9 Å². The molecular weight excluding hydrogens is 620 g/mol. The molecule has 1 aromatic heterocycles. The highest BCUT2D eigenvalue weighted by atomic mass is 35.5. The molecular formula is C28H28Cl5N3O4. The zero-order chi connectivity index (χ0) is 27.1. The lowest BCUT2D eigenvalue weighted by molar-refractivity contribution is -0.684. The van der Waals surface area contributed by atoms with Crippen LogP contribution in [0.4, 0.5) is 0 Å². The third-order valence-electron chi connectivity index (χ3n) is 5.86. The van der Waals surface area contributed by atoms with Crippen LogP contribution in [-0.2, 0) is 35.8 Å². The van der Waals surface area contributed by atoms with E-state index in [2.05, 4.69) is 5.32 Å². The maximum absolute atomic E-state index is 12.5. The van der Waals surface area contributed by atoms with Crippen LogP contribution < -0.4 is 27.0 Å². The lowest BCUT2D eigenvalue weighted by Crippen LogP contribution is -3.00. The predicted octanol–water partition coefficient (Wildman–Crippen LogP) is 2.85. The lowest BCUT2D eigenvalue weighted by Gasteiger charge is -2.19. The van der Waals surface area contributed by atoms with Gasteiger partial charge in [0.15, 0.2) is 6.54 Å². The van der Waals surface area contributed by atoms with E-state index in [-0.39, 0.29) is 36.9 Å². The molecule has 0 saturated heterocycles. The van der Waals surface area contributed by atoms with Crippen molar-refractivity contribution >= 4 is 52.3 Å². The van der Waals surface area contributed by atoms with E-state index in [1.165, 1.54) is 0 Å². The number of carbonyl (C=O) groups excluding carboxylic acids is 1. The number of amides is 1. The summed E-state index contributed by atoms with van der Waals surface area (Å²) < 4.78 is 15.2. The quantitative estimate of drug-likeness (QED) is 0.254. The van der Waals surface area contributed by atoms with E-state index < -0.39 is 6.10 Å². The number of benzene rings is 3. The van der Waals surface area contributed by atoms with Crippen LogP contribution in [-0.4, -0.2) is 23.1 Å². The number of aromatic nitrogens is 2. The van der Waals surface area contributed by atoms with Gasteiger partial charge in [-0.3, -0.25) is 4.79 Å². The zero-order valence-electron chi connectivity index (χ0n) is 21.4. The molecule has 1 amide bonds. The molecule has 1 unspecified atom stereocenters. The molecule has 0 spiro atoms. The van der Waals surface area contributed by atoms with Crippen molar-refractivity contribution in [2.45, 2.75) is 32.3 Å². The van der Waals surface area contributed by atoms with Gasteiger partial charge in [-0.1, -0.05) is 70.7 Å². The van der Waals surface area contributed by atoms with Gasteiger partial charge >= 0.3 is 0 Å². The predicted molar refractivity (Wildman–Crippen MR) is 154 cm³/mol. The average molecular weight is 648 g/mol. The summed E-state index contributed by atoms with van der Waals surface area (Å²) in [5.74, 6) is 0.671. The first-order valence-electron chi connectivity index (χ1n) is 11.8. The van der Waals surface area contributed by atoms with Gasteiger partial charge in [-0.15, -0.1) is 0 Å². The molecule has 7 nitrogen and oxygen atoms in total. The first-order chi connectivity index (χ1) is 18.3. The maximum Gasteiger partial charge on any atom is 0.262 e. The minimum Gasteiger partial charge on any atom is -1.00 e. The molecule has 0 saturated carbocycles. The second kappa shape index (κ2) is 16.1. The normalized spacial score (nSPS) is 11.2. The molecule has 4 aromatic rings. The molecule has 3 aromatic carbocycles. The summed E-state index contributed by atoms with van der Waals surface area (Å²) in [5.41, 5.74) is 2.59. The van der Waals surface area contributed by atoms with Crippen molar-refractivity contribution in [2.24, 2.45) is 0 Å². The van der Waals surface area contributed by atoms with E-state index in [1.807, 2.05) is 59.7 Å². The molecule has 0 aliphatic heterocycles. The Morgan fingerprint density at radius 3 is 2.30 bits per heavy atom. The molecule has 40 heavy (non-hydrogen) atoms. The zero-order valence-corrected chi connectivity index (χ0v) is 25.2. The van der Waals surface area contributed by atoms with Crippen molar-refractivity contribution < 1.29 is 36.7 Å². The Balaban J connectivity index is 0.00000280. The number of carbonyl (C=O) groups is 1. The summed E-state index contributed by atoms with van der Waals surface area (Å²) in [5, 5.41) is 5.06. The van der Waals surface area contributed by atoms with E-state index in [4.69, 9.17) is 55.9 Å². The van der Waals surface area contributed by atoms with Gasteiger partial charge in [0.05, 0.1) is 13.7 Å². The molecule has 3 N–H and O–H groups in total. The molecule has 0 bridgehead atoms. The van der Waals surface area contributed by atoms with Crippen LogP contribution in [0.25, 0.3) is 0 Å². The number of ether oxygens (including phenoxy) is 2. The van der Waals surface area contributed by atoms with Crippen molar-refractivity contribution in [3.05, 3.63) is 116 Å². The van der Waals surface area contributed by atoms with Crippen LogP contribution in [0.5, 0.6) is 5.75 Å². The summed E-state index contributed by atoms with van der Waals surface area (Å²) in [7, 11) is 1.62. The van der Waals surface area contributed by atoms with Gasteiger partial charge < -0.3 is 32.7 Å². The summed E-state index contributed by atoms with van der Waals surface area (Å²) in [6, 6.07) is 18.2. The first kappa shape index (κ1) is 33.7. The molecule has 1 heterocycles. The standard InChI is InChI=1S/C28H25Cl4N3O3.ClH.H2O/c1-37-23-7-2-19(3-8-23)14-33-28(36)16-35-11-10-34(18-35)15-27(24-9-6-22(30)13-26(24)32)38-17-20-4-5-21(29)12-25(20)31;;/h2-13,18,27H,14-17H2,1H3;1H;1H2. The minimum atomic E-state index is -0.406. The Morgan fingerprint density at radius 1 is 0.975 bits per heavy atom. The van der Waals surface area contributed by atoms with Gasteiger partial charge in [0.25, 0.3) is 5.91 Å². The molecule has 0 aliphatic carbocycles. The smallest absolute Gasteiger partial charge is 0.262 e. The Labute approximate surface area is 259 Å². The molecule has 1 atom stereocenters. The number of imidazole rings is 1. The van der Waals surface area contributed by atoms with Crippen LogP contribution in [0.3, 0.4) is 0 Å². The Bertz CT molecular complexity index is 1400. The maximum atomic E-state index is 12.5. The van der Waals surface area contributed by atoms with Gasteiger partial charge in [0.2, 0.25) is 6.33 Å². The van der Waals surface area contributed by atoms with Crippen LogP contribution in [0.15, 0.2) is 79.4 Å². The van der Waals surface area contributed by atoms with Crippen LogP contribution >= 0.6 is 46.4 Å². The van der Waals surface area contributed by atoms with Crippen LogP contribution in [0, 0.1) is 0 Å². The highest BCUT2D eigenvalue weighted by molar-refractivity contribution is 6.35. The van der Waals surface area contributed by atoms with Gasteiger partial charge in [0.1, 0.15) is 30.8 Å². The van der Waals surface area contributed by atoms with E-state index in [0.29, 0.717) is 33.2 Å². The monoisotopic (exact) mass is 645 g/mol. The molecule has 4 rings (SSSR count). The number of rotatable bonds is 11. The van der Waals surface area contributed by atoms with Crippen molar-refractivity contribution in [3.63, 3.8) is 0 Å². The molecule has 214 valence electrons. The van der Waals surface area contributed by atoms with Crippen LogP contribution in [0.1, 0.15) is 22.8 Å². The fourth-order valence-corrected chi connectivity index (χ4v) is 4.82. The molecule has 0 radical (unpaired) electrons. The average Bonchev–Trinajstić information content (AvgIpc) is 3.33. The van der Waals surface area contributed by atoms with Gasteiger partial charge in [-0.25, -0.2) is 9.13 Å². The van der Waals surface area contributed by atoms with Crippen molar-refractivity contribution in [1.29, 1.82) is 0 Å². The number of nitrogens with zero attached hydrogens (tertiary/aromatic N) is 2. The van der Waals surface area contributed by atoms with Crippen molar-refractivity contribution in [1.82, 2.24) is 9.88 Å². The number of halogens is 5. The number of hydrogen-bond acceptors (Lipinski definition) is 3. The van der Waals surface area contributed by atoms with Crippen molar-refractivity contribution in [2.75, 3.05) is 7.11 Å². The fourth-order valence-electron chi connectivity index (χ4n) is 3.83. The second-order valence-electron chi connectivity index (χ2n) is 8.61. The SMILES string of the molecule is COc1ccc(CNC(=O)C[n+]2ccn(CC(OCc3ccc(Cl)cc3Cl)c3ccc(Cl)cc3Cl)c2)cc1.O.[Cl-]. The van der Waals surface area contributed by atoms with E-state index >= 15 is 0 Å². The second-order valence-corrected chi connectivity index (χ2v) is 10.3. The summed E-state index contributed by atoms with van der Waals surface area (Å²) in [4.78, 5) is 12.5. The Hall–Kier alpha value is -2.49. The summed E-state index contributed by atoms with van der Waals surface area (Å²) in [6.07, 6.45) is 5.16. The Kier molecular flexibility index (Phi) is 13.6. The third kappa shape index (κ3) is 9.56. The van der Waals surface area contributed by atoms with Crippen LogP contribution in [0.2, 0.25) is 20.1 Å². The molecule has 0 fully saturated rings. The van der Waals surface area contributed by atoms with Crippen molar-refractivity contribution in [3.8, 4) is 5.75 Å².